The van der Waals surface area contributed by atoms with Crippen LogP contribution in [0.5, 0.6) is 0 Å². The van der Waals surface area contributed by atoms with E-state index in [0.717, 1.165) is 11.3 Å². The van der Waals surface area contributed by atoms with Crippen molar-refractivity contribution in [2.45, 2.75) is 37.4 Å². The standard InChI is InChI=1S/C15H18F2N4S/c1-10-4-2-3-5-12(10)21-13(9-18)19-20-14(21)22-7-6-11-8-15(11,16)17/h2-5,11H,6-9,18H2,1H3/t11-/m1/s1. The zero-order valence-corrected chi connectivity index (χ0v) is 13.1. The summed E-state index contributed by atoms with van der Waals surface area (Å²) in [6.45, 7) is 2.29. The van der Waals surface area contributed by atoms with Crippen LogP contribution in [0.4, 0.5) is 8.78 Å². The molecule has 22 heavy (non-hydrogen) atoms. The molecule has 3 rings (SSSR count). The minimum Gasteiger partial charge on any atom is -0.324 e. The van der Waals surface area contributed by atoms with Gasteiger partial charge in [-0.05, 0) is 25.0 Å². The first-order valence-electron chi connectivity index (χ1n) is 7.24. The van der Waals surface area contributed by atoms with Crippen molar-refractivity contribution in [3.05, 3.63) is 35.7 Å². The number of aryl methyl sites for hydroxylation is 1. The predicted octanol–water partition coefficient (Wildman–Crippen LogP) is 3.17. The van der Waals surface area contributed by atoms with Gasteiger partial charge >= 0.3 is 0 Å². The molecule has 2 N–H and O–H groups in total. The van der Waals surface area contributed by atoms with Crippen LogP contribution in [0.15, 0.2) is 29.4 Å². The molecule has 1 heterocycles. The summed E-state index contributed by atoms with van der Waals surface area (Å²) < 4.78 is 27.8. The second-order valence-corrected chi connectivity index (χ2v) is 6.59. The van der Waals surface area contributed by atoms with Gasteiger partial charge < -0.3 is 5.73 Å². The summed E-state index contributed by atoms with van der Waals surface area (Å²) in [5, 5.41) is 8.99. The largest absolute Gasteiger partial charge is 0.324 e. The molecular formula is C15H18F2N4S. The summed E-state index contributed by atoms with van der Waals surface area (Å²) in [6.07, 6.45) is 0.516. The van der Waals surface area contributed by atoms with Gasteiger partial charge in [0.25, 0.3) is 5.92 Å². The number of nitrogens with two attached hydrogens (primary N) is 1. The number of aromatic nitrogens is 3. The van der Waals surface area contributed by atoms with Gasteiger partial charge in [0, 0.05) is 18.1 Å². The number of hydrogen-bond acceptors (Lipinski definition) is 4. The molecule has 0 aliphatic heterocycles. The smallest absolute Gasteiger partial charge is 0.251 e. The SMILES string of the molecule is Cc1ccccc1-n1c(CN)nnc1SCC[C@@H]1CC1(F)F. The molecule has 1 fully saturated rings. The Morgan fingerprint density at radius 2 is 2.09 bits per heavy atom. The predicted molar refractivity (Wildman–Crippen MR) is 82.4 cm³/mol. The molecule has 0 bridgehead atoms. The van der Waals surface area contributed by atoms with Crippen molar-refractivity contribution in [3.63, 3.8) is 0 Å². The number of alkyl halides is 2. The van der Waals surface area contributed by atoms with Gasteiger partial charge in [-0.1, -0.05) is 30.0 Å². The molecule has 1 saturated carbocycles. The molecule has 1 atom stereocenters. The molecule has 4 nitrogen and oxygen atoms in total. The Bertz CT molecular complexity index is 671. The molecule has 0 spiro atoms. The molecule has 2 aromatic rings. The van der Waals surface area contributed by atoms with Gasteiger partial charge in [-0.25, -0.2) is 8.78 Å². The Labute approximate surface area is 132 Å². The van der Waals surface area contributed by atoms with E-state index in [1.807, 2.05) is 35.8 Å². The highest BCUT2D eigenvalue weighted by molar-refractivity contribution is 7.99. The number of halogens is 2. The van der Waals surface area contributed by atoms with Crippen LogP contribution in [0.3, 0.4) is 0 Å². The second kappa shape index (κ2) is 5.96. The molecule has 0 saturated heterocycles. The van der Waals surface area contributed by atoms with Crippen LogP contribution in [-0.4, -0.2) is 26.4 Å². The lowest BCUT2D eigenvalue weighted by atomic mass is 10.2. The second-order valence-electron chi connectivity index (χ2n) is 5.52. The average Bonchev–Trinajstić information content (AvgIpc) is 2.93. The summed E-state index contributed by atoms with van der Waals surface area (Å²) in [6, 6.07) is 7.90. The number of para-hydroxylation sites is 1. The maximum atomic E-state index is 12.9. The first kappa shape index (κ1) is 15.4. The maximum absolute atomic E-state index is 12.9. The van der Waals surface area contributed by atoms with Gasteiger partial charge in [0.2, 0.25) is 0 Å². The van der Waals surface area contributed by atoms with Gasteiger partial charge in [0.1, 0.15) is 0 Å². The van der Waals surface area contributed by atoms with Crippen LogP contribution < -0.4 is 5.73 Å². The summed E-state index contributed by atoms with van der Waals surface area (Å²) in [5.41, 5.74) is 7.81. The Hall–Kier alpha value is -1.47. The minimum absolute atomic E-state index is 0.0199. The van der Waals surface area contributed by atoms with Crippen molar-refractivity contribution in [1.82, 2.24) is 14.8 Å². The third-order valence-electron chi connectivity index (χ3n) is 3.89. The van der Waals surface area contributed by atoms with Crippen LogP contribution in [0.2, 0.25) is 0 Å². The summed E-state index contributed by atoms with van der Waals surface area (Å²) in [7, 11) is 0. The lowest BCUT2D eigenvalue weighted by Crippen LogP contribution is -2.09. The zero-order valence-electron chi connectivity index (χ0n) is 12.3. The highest BCUT2D eigenvalue weighted by Gasteiger charge is 2.55. The van der Waals surface area contributed by atoms with Crippen LogP contribution in [0, 0.1) is 12.8 Å². The van der Waals surface area contributed by atoms with E-state index >= 15 is 0 Å². The van der Waals surface area contributed by atoms with Crippen molar-refractivity contribution in [2.24, 2.45) is 11.7 Å². The van der Waals surface area contributed by atoms with Crippen molar-refractivity contribution in [3.8, 4) is 5.69 Å². The van der Waals surface area contributed by atoms with E-state index < -0.39 is 11.8 Å². The zero-order chi connectivity index (χ0) is 15.7. The van der Waals surface area contributed by atoms with Crippen LogP contribution in [0.25, 0.3) is 5.69 Å². The van der Waals surface area contributed by atoms with Crippen LogP contribution >= 0.6 is 11.8 Å². The molecule has 0 radical (unpaired) electrons. The molecule has 0 unspecified atom stereocenters. The topological polar surface area (TPSA) is 56.7 Å². The first-order valence-corrected chi connectivity index (χ1v) is 8.22. The quantitative estimate of drug-likeness (QED) is 0.829. The van der Waals surface area contributed by atoms with Crippen LogP contribution in [0.1, 0.15) is 24.2 Å². The highest BCUT2D eigenvalue weighted by atomic mass is 32.2. The fourth-order valence-corrected chi connectivity index (χ4v) is 3.47. The maximum Gasteiger partial charge on any atom is 0.251 e. The van der Waals surface area contributed by atoms with Gasteiger partial charge in [0.05, 0.1) is 12.2 Å². The van der Waals surface area contributed by atoms with Gasteiger partial charge in [-0.2, -0.15) is 0 Å². The Balaban J connectivity index is 1.77. The van der Waals surface area contributed by atoms with E-state index in [1.54, 1.807) is 0 Å². The van der Waals surface area contributed by atoms with Crippen molar-refractivity contribution in [1.29, 1.82) is 0 Å². The molecule has 1 aromatic heterocycles. The number of hydrogen-bond donors (Lipinski definition) is 1. The average molecular weight is 324 g/mol. The minimum atomic E-state index is -2.45. The molecule has 1 aromatic carbocycles. The lowest BCUT2D eigenvalue weighted by Gasteiger charge is -2.11. The number of thioether (sulfide) groups is 1. The fourth-order valence-electron chi connectivity index (χ4n) is 2.46. The molecule has 0 amide bonds. The Morgan fingerprint density at radius 1 is 1.36 bits per heavy atom. The number of benzene rings is 1. The summed E-state index contributed by atoms with van der Waals surface area (Å²) in [5.74, 6) is -1.64. The molecular weight excluding hydrogens is 306 g/mol. The third kappa shape index (κ3) is 3.01. The molecule has 1 aliphatic carbocycles. The van der Waals surface area contributed by atoms with Crippen molar-refractivity contribution < 1.29 is 8.78 Å². The Morgan fingerprint density at radius 3 is 2.73 bits per heavy atom. The lowest BCUT2D eigenvalue weighted by molar-refractivity contribution is 0.0983. The Kier molecular flexibility index (Phi) is 4.18. The first-order chi connectivity index (χ1) is 10.5. The van der Waals surface area contributed by atoms with E-state index in [2.05, 4.69) is 10.2 Å². The van der Waals surface area contributed by atoms with Crippen molar-refractivity contribution in [2.75, 3.05) is 5.75 Å². The molecule has 7 heteroatoms. The summed E-state index contributed by atoms with van der Waals surface area (Å²) in [4.78, 5) is 0. The molecule has 118 valence electrons. The van der Waals surface area contributed by atoms with E-state index in [0.29, 0.717) is 23.2 Å². The van der Waals surface area contributed by atoms with Gasteiger partial charge in [-0.3, -0.25) is 4.57 Å². The number of rotatable bonds is 6. The number of nitrogens with zero attached hydrogens (tertiary/aromatic N) is 3. The summed E-state index contributed by atoms with van der Waals surface area (Å²) >= 11 is 1.46. The van der Waals surface area contributed by atoms with Crippen molar-refractivity contribution >= 4 is 11.8 Å². The fraction of sp³-hybridized carbons (Fsp3) is 0.467. The monoisotopic (exact) mass is 324 g/mol. The van der Waals surface area contributed by atoms with Gasteiger partial charge in [0.15, 0.2) is 11.0 Å². The normalized spacial score (nSPS) is 19.4. The highest BCUT2D eigenvalue weighted by Crippen LogP contribution is 2.51. The van der Waals surface area contributed by atoms with E-state index in [1.165, 1.54) is 11.8 Å². The van der Waals surface area contributed by atoms with E-state index in [9.17, 15) is 8.78 Å². The molecule has 1 aliphatic rings. The van der Waals surface area contributed by atoms with Crippen LogP contribution in [-0.2, 0) is 6.54 Å². The van der Waals surface area contributed by atoms with E-state index in [4.69, 9.17) is 5.73 Å². The van der Waals surface area contributed by atoms with Gasteiger partial charge in [-0.15, -0.1) is 10.2 Å². The van der Waals surface area contributed by atoms with E-state index in [-0.39, 0.29) is 13.0 Å². The third-order valence-corrected chi connectivity index (χ3v) is 4.85.